The molecule has 0 aliphatic rings. The van der Waals surface area contributed by atoms with Gasteiger partial charge in [-0.2, -0.15) is 0 Å². The number of nitrogens with zero attached hydrogens (tertiary/aromatic N) is 2. The van der Waals surface area contributed by atoms with E-state index >= 15 is 0 Å². The summed E-state index contributed by atoms with van der Waals surface area (Å²) >= 11 is 0. The van der Waals surface area contributed by atoms with E-state index in [4.69, 9.17) is 4.74 Å². The third-order valence-corrected chi connectivity index (χ3v) is 5.23. The lowest BCUT2D eigenvalue weighted by Crippen LogP contribution is -2.16. The molecule has 0 saturated heterocycles. The maximum Gasteiger partial charge on any atom is 0.258 e. The number of aryl methyl sites for hydroxylation is 1. The van der Waals surface area contributed by atoms with Gasteiger partial charge in [-0.15, -0.1) is 0 Å². The fraction of sp³-hybridized carbons (Fsp3) is 0.263. The molecule has 0 fully saturated rings. The molecule has 6 nitrogen and oxygen atoms in total. The van der Waals surface area contributed by atoms with E-state index < -0.39 is 9.84 Å². The van der Waals surface area contributed by atoms with Crippen molar-refractivity contribution >= 4 is 20.6 Å². The quantitative estimate of drug-likeness (QED) is 0.688. The van der Waals surface area contributed by atoms with E-state index in [1.54, 1.807) is 43.8 Å². The van der Waals surface area contributed by atoms with Crippen LogP contribution in [0.1, 0.15) is 13.3 Å². The van der Waals surface area contributed by atoms with E-state index in [-0.39, 0.29) is 10.5 Å². The molecule has 0 radical (unpaired) electrons. The summed E-state index contributed by atoms with van der Waals surface area (Å²) < 4.78 is 31.3. The molecular weight excluding hydrogens is 352 g/mol. The fourth-order valence-corrected chi connectivity index (χ4v) is 3.46. The molecule has 0 bridgehead atoms. The highest BCUT2D eigenvalue weighted by Gasteiger charge is 2.17. The van der Waals surface area contributed by atoms with Crippen molar-refractivity contribution in [2.24, 2.45) is 7.05 Å². The van der Waals surface area contributed by atoms with E-state index in [9.17, 15) is 13.2 Å². The normalized spacial score (nSPS) is 11.7. The predicted octanol–water partition coefficient (Wildman–Crippen LogP) is 2.79. The highest BCUT2D eigenvalue weighted by molar-refractivity contribution is 7.90. The fourth-order valence-electron chi connectivity index (χ4n) is 2.81. The lowest BCUT2D eigenvalue weighted by atomic mass is 10.0. The van der Waals surface area contributed by atoms with Crippen LogP contribution in [0.4, 0.5) is 0 Å². The molecule has 0 unspecified atom stereocenters. The van der Waals surface area contributed by atoms with Crippen molar-refractivity contribution in [1.29, 1.82) is 0 Å². The lowest BCUT2D eigenvalue weighted by Gasteiger charge is -2.15. The Balaban J connectivity index is 2.36. The predicted molar refractivity (Wildman–Crippen MR) is 101 cm³/mol. The highest BCUT2D eigenvalue weighted by Crippen LogP contribution is 2.35. The summed E-state index contributed by atoms with van der Waals surface area (Å²) in [5, 5.41) is 1.17. The van der Waals surface area contributed by atoms with E-state index in [2.05, 4.69) is 4.98 Å². The van der Waals surface area contributed by atoms with Crippen molar-refractivity contribution < 1.29 is 13.2 Å². The van der Waals surface area contributed by atoms with Crippen LogP contribution >= 0.6 is 0 Å². The average Bonchev–Trinajstić information content (AvgIpc) is 2.62. The Morgan fingerprint density at radius 1 is 1.15 bits per heavy atom. The van der Waals surface area contributed by atoms with Gasteiger partial charge < -0.3 is 9.30 Å². The Hall–Kier alpha value is -2.67. The van der Waals surface area contributed by atoms with E-state index in [0.717, 1.165) is 6.42 Å². The zero-order chi connectivity index (χ0) is 18.9. The van der Waals surface area contributed by atoms with Crippen LogP contribution in [0.25, 0.3) is 21.9 Å². The van der Waals surface area contributed by atoms with Gasteiger partial charge in [0.1, 0.15) is 5.75 Å². The van der Waals surface area contributed by atoms with Crippen LogP contribution in [0.15, 0.2) is 52.5 Å². The average molecular weight is 372 g/mol. The monoisotopic (exact) mass is 372 g/mol. The van der Waals surface area contributed by atoms with E-state index in [1.807, 2.05) is 6.92 Å². The molecule has 0 aliphatic heterocycles. The summed E-state index contributed by atoms with van der Waals surface area (Å²) in [5.41, 5.74) is 1.18. The van der Waals surface area contributed by atoms with Crippen molar-refractivity contribution in [3.8, 4) is 16.9 Å². The van der Waals surface area contributed by atoms with E-state index in [1.165, 1.54) is 16.9 Å². The second-order valence-electron chi connectivity index (χ2n) is 6.16. The van der Waals surface area contributed by atoms with E-state index in [0.29, 0.717) is 34.3 Å². The van der Waals surface area contributed by atoms with Gasteiger partial charge in [-0.05, 0) is 30.7 Å². The van der Waals surface area contributed by atoms with Crippen LogP contribution < -0.4 is 10.3 Å². The minimum atomic E-state index is -3.38. The second kappa shape index (κ2) is 6.92. The first kappa shape index (κ1) is 18.1. The summed E-state index contributed by atoms with van der Waals surface area (Å²) in [4.78, 5) is 16.7. The molecule has 136 valence electrons. The van der Waals surface area contributed by atoms with Crippen LogP contribution in [0.2, 0.25) is 0 Å². The molecule has 1 aromatic carbocycles. The molecule has 0 atom stereocenters. The molecular formula is C19H20N2O4S. The molecule has 3 rings (SSSR count). The van der Waals surface area contributed by atoms with Gasteiger partial charge in [0.25, 0.3) is 5.56 Å². The zero-order valence-electron chi connectivity index (χ0n) is 14.9. The molecule has 0 amide bonds. The van der Waals surface area contributed by atoms with Crippen LogP contribution in [0, 0.1) is 0 Å². The number of hydrogen-bond acceptors (Lipinski definition) is 5. The van der Waals surface area contributed by atoms with Crippen LogP contribution in [-0.2, 0) is 16.9 Å². The maximum atomic E-state index is 12.4. The van der Waals surface area contributed by atoms with Crippen LogP contribution in [-0.4, -0.2) is 30.8 Å². The van der Waals surface area contributed by atoms with Gasteiger partial charge in [-0.1, -0.05) is 6.92 Å². The van der Waals surface area contributed by atoms with Crippen molar-refractivity contribution in [3.05, 3.63) is 53.2 Å². The molecule has 0 spiro atoms. The number of hydrogen-bond donors (Lipinski definition) is 0. The first-order valence-corrected chi connectivity index (χ1v) is 10.1. The SMILES string of the molecule is CCCOc1ccc(S(C)(=O)=O)cc1-c1cn(C)c(=O)c2ccncc12. The first-order valence-electron chi connectivity index (χ1n) is 8.23. The summed E-state index contributed by atoms with van der Waals surface area (Å²) in [6.45, 7) is 2.50. The van der Waals surface area contributed by atoms with Crippen molar-refractivity contribution in [1.82, 2.24) is 9.55 Å². The molecule has 3 aromatic rings. The molecule has 0 N–H and O–H groups in total. The molecule has 2 heterocycles. The number of fused-ring (bicyclic) bond motifs is 1. The minimum Gasteiger partial charge on any atom is -0.493 e. The highest BCUT2D eigenvalue weighted by atomic mass is 32.2. The van der Waals surface area contributed by atoms with Crippen LogP contribution in [0.5, 0.6) is 5.75 Å². The van der Waals surface area contributed by atoms with Crippen LogP contribution in [0.3, 0.4) is 0 Å². The zero-order valence-corrected chi connectivity index (χ0v) is 15.7. The lowest BCUT2D eigenvalue weighted by molar-refractivity contribution is 0.318. The minimum absolute atomic E-state index is 0.138. The van der Waals surface area contributed by atoms with Crippen molar-refractivity contribution in [2.45, 2.75) is 18.2 Å². The van der Waals surface area contributed by atoms with Gasteiger partial charge in [-0.3, -0.25) is 9.78 Å². The van der Waals surface area contributed by atoms with Gasteiger partial charge in [0, 0.05) is 48.4 Å². The van der Waals surface area contributed by atoms with Gasteiger partial charge >= 0.3 is 0 Å². The Morgan fingerprint density at radius 2 is 1.92 bits per heavy atom. The number of rotatable bonds is 5. The largest absolute Gasteiger partial charge is 0.493 e. The molecule has 26 heavy (non-hydrogen) atoms. The molecule has 0 saturated carbocycles. The molecule has 0 aliphatic carbocycles. The summed E-state index contributed by atoms with van der Waals surface area (Å²) in [6.07, 6.45) is 6.85. The molecule has 2 aromatic heterocycles. The number of pyridine rings is 2. The standard InChI is InChI=1S/C19H20N2O4S/c1-4-9-25-18-6-5-13(26(3,23)24)10-15(18)17-12-21(2)19(22)14-7-8-20-11-16(14)17/h5-8,10-12H,4,9H2,1-3H3. The third-order valence-electron chi connectivity index (χ3n) is 4.12. The number of ether oxygens (including phenoxy) is 1. The Kier molecular flexibility index (Phi) is 4.82. The van der Waals surface area contributed by atoms with Gasteiger partial charge in [0.2, 0.25) is 0 Å². The summed E-state index contributed by atoms with van der Waals surface area (Å²) in [6, 6.07) is 6.45. The number of aromatic nitrogens is 2. The Labute approximate surface area is 152 Å². The Bertz CT molecular complexity index is 1130. The second-order valence-corrected chi connectivity index (χ2v) is 8.17. The topological polar surface area (TPSA) is 78.3 Å². The Morgan fingerprint density at radius 3 is 2.62 bits per heavy atom. The number of benzene rings is 1. The van der Waals surface area contributed by atoms with Gasteiger partial charge in [0.15, 0.2) is 9.84 Å². The summed E-state index contributed by atoms with van der Waals surface area (Å²) in [5.74, 6) is 0.572. The molecule has 7 heteroatoms. The third kappa shape index (κ3) is 3.35. The van der Waals surface area contributed by atoms with Crippen molar-refractivity contribution in [2.75, 3.05) is 12.9 Å². The first-order chi connectivity index (χ1) is 12.3. The van der Waals surface area contributed by atoms with Gasteiger partial charge in [-0.25, -0.2) is 8.42 Å². The summed E-state index contributed by atoms with van der Waals surface area (Å²) in [7, 11) is -1.72. The van der Waals surface area contributed by atoms with Gasteiger partial charge in [0.05, 0.1) is 16.9 Å². The smallest absolute Gasteiger partial charge is 0.258 e. The number of sulfone groups is 1. The maximum absolute atomic E-state index is 12.4. The van der Waals surface area contributed by atoms with Crippen molar-refractivity contribution in [3.63, 3.8) is 0 Å².